The SMILES string of the molecule is CCN(CC)CC.Nc1ncnc2c1ncn2[C@@H]1O[C@H](COS(=O)(=O)NC(=O)c2cccc(Cl)c2O)[C@@H](O)[C@H]1O. The number of aromatic hydroxyl groups is 1. The number of hydrogen-bond donors (Lipinski definition) is 5. The van der Waals surface area contributed by atoms with Crippen LogP contribution in [-0.4, -0.2) is 98.6 Å². The van der Waals surface area contributed by atoms with Crippen LogP contribution in [0.25, 0.3) is 11.2 Å². The van der Waals surface area contributed by atoms with E-state index in [9.17, 15) is 28.5 Å². The zero-order chi connectivity index (χ0) is 29.6. The lowest BCUT2D eigenvalue weighted by Gasteiger charge is -2.16. The molecular weight excluding hydrogens is 570 g/mol. The number of benzene rings is 1. The Kier molecular flexibility index (Phi) is 10.6. The molecule has 40 heavy (non-hydrogen) atoms. The van der Waals surface area contributed by atoms with Gasteiger partial charge in [0.2, 0.25) is 0 Å². The third kappa shape index (κ3) is 7.14. The van der Waals surface area contributed by atoms with Gasteiger partial charge < -0.3 is 30.7 Å². The van der Waals surface area contributed by atoms with Crippen LogP contribution in [0.4, 0.5) is 5.82 Å². The summed E-state index contributed by atoms with van der Waals surface area (Å²) in [5.41, 5.74) is 5.81. The van der Waals surface area contributed by atoms with E-state index in [1.165, 1.54) is 49.0 Å². The van der Waals surface area contributed by atoms with Gasteiger partial charge in [0, 0.05) is 0 Å². The highest BCUT2D eigenvalue weighted by molar-refractivity contribution is 7.85. The number of phenols is 1. The highest BCUT2D eigenvalue weighted by Crippen LogP contribution is 2.32. The number of anilines is 1. The van der Waals surface area contributed by atoms with Crippen molar-refractivity contribution in [2.75, 3.05) is 32.0 Å². The number of nitrogens with zero attached hydrogens (tertiary/aromatic N) is 5. The molecule has 1 saturated heterocycles. The minimum absolute atomic E-state index is 0.0965. The van der Waals surface area contributed by atoms with E-state index >= 15 is 0 Å². The van der Waals surface area contributed by atoms with E-state index in [0.717, 1.165) is 6.07 Å². The zero-order valence-corrected chi connectivity index (χ0v) is 23.6. The number of carbonyl (C=O) groups is 1. The molecular formula is C23H32ClN7O8S. The molecule has 1 fully saturated rings. The summed E-state index contributed by atoms with van der Waals surface area (Å²) in [6.07, 6.45) is -3.07. The number of carbonyl (C=O) groups excluding carboxylic acids is 1. The van der Waals surface area contributed by atoms with Gasteiger partial charge in [0.25, 0.3) is 5.91 Å². The molecule has 0 bridgehead atoms. The number of imidazole rings is 1. The van der Waals surface area contributed by atoms with Crippen LogP contribution in [0.1, 0.15) is 37.4 Å². The molecule has 1 aliphatic heterocycles. The number of nitrogens with one attached hydrogen (secondary N) is 1. The van der Waals surface area contributed by atoms with Gasteiger partial charge in [-0.1, -0.05) is 38.4 Å². The van der Waals surface area contributed by atoms with Gasteiger partial charge in [0.15, 0.2) is 17.7 Å². The van der Waals surface area contributed by atoms with Gasteiger partial charge in [-0.25, -0.2) is 19.7 Å². The van der Waals surface area contributed by atoms with E-state index in [1.807, 2.05) is 0 Å². The minimum Gasteiger partial charge on any atom is -0.506 e. The lowest BCUT2D eigenvalue weighted by Crippen LogP contribution is -2.37. The second kappa shape index (κ2) is 13.5. The van der Waals surface area contributed by atoms with Crippen LogP contribution in [0, 0.1) is 0 Å². The van der Waals surface area contributed by atoms with Gasteiger partial charge in [-0.2, -0.15) is 8.42 Å². The maximum atomic E-state index is 12.2. The van der Waals surface area contributed by atoms with E-state index in [-0.39, 0.29) is 22.0 Å². The first-order chi connectivity index (χ1) is 18.9. The Bertz CT molecular complexity index is 1410. The lowest BCUT2D eigenvalue weighted by molar-refractivity contribution is -0.0468. The van der Waals surface area contributed by atoms with Crippen LogP contribution in [-0.2, 0) is 19.2 Å². The third-order valence-corrected chi connectivity index (χ3v) is 7.36. The second-order valence-corrected chi connectivity index (χ2v) is 10.3. The van der Waals surface area contributed by atoms with Crippen LogP contribution in [0.2, 0.25) is 5.02 Å². The van der Waals surface area contributed by atoms with Gasteiger partial charge in [-0.3, -0.25) is 13.5 Å². The van der Waals surface area contributed by atoms with Crippen molar-refractivity contribution in [3.8, 4) is 5.75 Å². The zero-order valence-electron chi connectivity index (χ0n) is 22.0. The molecule has 0 saturated carbocycles. The van der Waals surface area contributed by atoms with Gasteiger partial charge >= 0.3 is 10.3 Å². The summed E-state index contributed by atoms with van der Waals surface area (Å²) < 4.78 is 37.5. The molecule has 4 atom stereocenters. The first-order valence-corrected chi connectivity index (χ1v) is 14.1. The predicted molar refractivity (Wildman–Crippen MR) is 145 cm³/mol. The summed E-state index contributed by atoms with van der Waals surface area (Å²) in [7, 11) is -4.68. The lowest BCUT2D eigenvalue weighted by atomic mass is 10.1. The number of rotatable bonds is 9. The summed E-state index contributed by atoms with van der Waals surface area (Å²) >= 11 is 5.71. The fourth-order valence-corrected chi connectivity index (χ4v) is 4.76. The van der Waals surface area contributed by atoms with Crippen LogP contribution in [0.15, 0.2) is 30.9 Å². The largest absolute Gasteiger partial charge is 0.506 e. The van der Waals surface area contributed by atoms with Crippen molar-refractivity contribution in [2.45, 2.75) is 45.3 Å². The number of halogens is 1. The summed E-state index contributed by atoms with van der Waals surface area (Å²) in [4.78, 5) is 26.4. The van der Waals surface area contributed by atoms with E-state index < -0.39 is 58.7 Å². The second-order valence-electron chi connectivity index (χ2n) is 8.55. The first kappa shape index (κ1) is 31.4. The van der Waals surface area contributed by atoms with Crippen molar-refractivity contribution in [3.63, 3.8) is 0 Å². The molecule has 0 radical (unpaired) electrons. The summed E-state index contributed by atoms with van der Waals surface area (Å²) in [5, 5.41) is 30.4. The third-order valence-electron chi connectivity index (χ3n) is 6.18. The summed E-state index contributed by atoms with van der Waals surface area (Å²) in [6.45, 7) is 9.38. The highest BCUT2D eigenvalue weighted by atomic mass is 35.5. The number of aliphatic hydroxyl groups excluding tert-OH is 2. The van der Waals surface area contributed by atoms with Crippen LogP contribution < -0.4 is 10.5 Å². The molecule has 1 amide bonds. The normalized spacial score (nSPS) is 20.9. The maximum absolute atomic E-state index is 12.2. The number of para-hydroxylation sites is 1. The van der Waals surface area contributed by atoms with Crippen LogP contribution >= 0.6 is 11.6 Å². The number of nitrogen functional groups attached to an aromatic ring is 1. The molecule has 2 aromatic heterocycles. The molecule has 3 heterocycles. The van der Waals surface area contributed by atoms with Crippen molar-refractivity contribution in [3.05, 3.63) is 41.4 Å². The number of aromatic nitrogens is 4. The van der Waals surface area contributed by atoms with E-state index in [1.54, 1.807) is 4.72 Å². The fourth-order valence-electron chi connectivity index (χ4n) is 3.88. The molecule has 15 nitrogen and oxygen atoms in total. The molecule has 17 heteroatoms. The van der Waals surface area contributed by atoms with Crippen molar-refractivity contribution < 1.29 is 37.5 Å². The number of nitrogens with two attached hydrogens (primary N) is 1. The monoisotopic (exact) mass is 601 g/mol. The number of ether oxygens (including phenoxy) is 1. The number of hydrogen-bond acceptors (Lipinski definition) is 13. The Balaban J connectivity index is 0.000000559. The van der Waals surface area contributed by atoms with E-state index in [4.69, 9.17) is 26.3 Å². The molecule has 1 aromatic carbocycles. The molecule has 0 unspecified atom stereocenters. The van der Waals surface area contributed by atoms with Crippen molar-refractivity contribution in [1.82, 2.24) is 29.1 Å². The topological polar surface area (TPSA) is 215 Å². The summed E-state index contributed by atoms with van der Waals surface area (Å²) in [5.74, 6) is -1.70. The molecule has 0 spiro atoms. The van der Waals surface area contributed by atoms with Crippen molar-refractivity contribution in [2.24, 2.45) is 0 Å². The Morgan fingerprint density at radius 2 is 1.85 bits per heavy atom. The minimum atomic E-state index is -4.68. The van der Waals surface area contributed by atoms with Crippen LogP contribution in [0.5, 0.6) is 5.75 Å². The Hall–Kier alpha value is -3.12. The fraction of sp³-hybridized carbons (Fsp3) is 0.478. The van der Waals surface area contributed by atoms with Gasteiger partial charge in [0.05, 0.1) is 23.5 Å². The first-order valence-electron chi connectivity index (χ1n) is 12.3. The quantitative estimate of drug-likeness (QED) is 0.225. The number of fused-ring (bicyclic) bond motifs is 1. The standard InChI is InChI=1S/C17H17ClN6O8S.C6H15N/c18-8-3-1-2-7(11(8)25)16(28)23-33(29,30)31-4-9-12(26)13(27)17(32-9)24-6-22-10-14(19)20-5-21-15(10)24;1-4-7(5-2)6-3/h1-3,5-6,9,12-13,17,25-27H,4H2,(H,23,28)(H2,19,20,21);4-6H2,1-3H3/t9-,12-,13-,17-;/m1./s1. The molecule has 0 aliphatic carbocycles. The van der Waals surface area contributed by atoms with Crippen molar-refractivity contribution in [1.29, 1.82) is 0 Å². The number of amides is 1. The molecule has 4 rings (SSSR count). The molecule has 6 N–H and O–H groups in total. The molecule has 3 aromatic rings. The molecule has 220 valence electrons. The summed E-state index contributed by atoms with van der Waals surface area (Å²) in [6, 6.07) is 3.80. The van der Waals surface area contributed by atoms with Crippen LogP contribution in [0.3, 0.4) is 0 Å². The Labute approximate surface area is 235 Å². The number of phenolic OH excluding ortho intramolecular Hbond substituents is 1. The average Bonchev–Trinajstić information content (AvgIpc) is 3.47. The smallest absolute Gasteiger partial charge is 0.362 e. The van der Waals surface area contributed by atoms with E-state index in [2.05, 4.69) is 40.6 Å². The molecule has 1 aliphatic rings. The average molecular weight is 602 g/mol. The van der Waals surface area contributed by atoms with Crippen molar-refractivity contribution >= 4 is 44.8 Å². The highest BCUT2D eigenvalue weighted by Gasteiger charge is 2.45. The van der Waals surface area contributed by atoms with Gasteiger partial charge in [-0.15, -0.1) is 0 Å². The predicted octanol–water partition coefficient (Wildman–Crippen LogP) is 0.426. The maximum Gasteiger partial charge on any atom is 0.362 e. The van der Waals surface area contributed by atoms with Gasteiger partial charge in [-0.05, 0) is 31.8 Å². The Morgan fingerprint density at radius 3 is 2.48 bits per heavy atom. The van der Waals surface area contributed by atoms with E-state index in [0.29, 0.717) is 0 Å². The van der Waals surface area contributed by atoms with Gasteiger partial charge in [0.1, 0.15) is 35.9 Å². The number of aliphatic hydroxyl groups is 2. The Morgan fingerprint density at radius 1 is 1.18 bits per heavy atom.